The van der Waals surface area contributed by atoms with Gasteiger partial charge in [-0.1, -0.05) is 18.9 Å². The van der Waals surface area contributed by atoms with Crippen LogP contribution in [0, 0.1) is 17.7 Å². The van der Waals surface area contributed by atoms with Crippen LogP contribution in [0.5, 0.6) is 0 Å². The molecule has 1 aromatic heterocycles. The summed E-state index contributed by atoms with van der Waals surface area (Å²) in [5.41, 5.74) is 0.296. The largest absolute Gasteiger partial charge is 0.481 e. The second kappa shape index (κ2) is 8.69. The fraction of sp³-hybridized carbons (Fsp3) is 0.609. The van der Waals surface area contributed by atoms with Crippen LogP contribution in [0.3, 0.4) is 0 Å². The number of imidazole rings is 1. The Hall–Kier alpha value is -2.68. The highest BCUT2D eigenvalue weighted by Gasteiger charge is 2.38. The fourth-order valence-electron chi connectivity index (χ4n) is 4.75. The number of fused-ring (bicyclic) bond motifs is 1. The second-order valence-electron chi connectivity index (χ2n) is 9.74. The van der Waals surface area contributed by atoms with E-state index < -0.39 is 41.4 Å². The molecule has 0 radical (unpaired) electrons. The van der Waals surface area contributed by atoms with Crippen molar-refractivity contribution in [3.05, 3.63) is 29.3 Å². The Morgan fingerprint density at radius 1 is 1.28 bits per heavy atom. The number of amides is 1. The normalized spacial score (nSPS) is 22.9. The SMILES string of the molecule is CC(C)(C)OC(=O)N[C@H](c1nc2c(F)c(C3COCC3C(=O)O)ccc2[nH]1)C1CCCC1. The molecule has 2 unspecified atom stereocenters. The molecular weight excluding hydrogens is 417 g/mol. The number of halogens is 1. The van der Waals surface area contributed by atoms with Crippen molar-refractivity contribution in [3.8, 4) is 0 Å². The van der Waals surface area contributed by atoms with Gasteiger partial charge in [-0.15, -0.1) is 0 Å². The van der Waals surface area contributed by atoms with Gasteiger partial charge in [0, 0.05) is 5.92 Å². The molecule has 2 aliphatic rings. The molecule has 9 heteroatoms. The average Bonchev–Trinajstić information content (AvgIpc) is 3.44. The predicted molar refractivity (Wildman–Crippen MR) is 115 cm³/mol. The summed E-state index contributed by atoms with van der Waals surface area (Å²) in [5.74, 6) is -2.26. The lowest BCUT2D eigenvalue weighted by Crippen LogP contribution is -2.37. The van der Waals surface area contributed by atoms with Crippen LogP contribution in [0.25, 0.3) is 11.0 Å². The molecule has 4 rings (SSSR count). The maximum absolute atomic E-state index is 15.5. The van der Waals surface area contributed by atoms with E-state index in [2.05, 4.69) is 15.3 Å². The second-order valence-corrected chi connectivity index (χ2v) is 9.74. The first-order valence-corrected chi connectivity index (χ1v) is 11.1. The average molecular weight is 448 g/mol. The lowest BCUT2D eigenvalue weighted by Gasteiger charge is -2.26. The zero-order valence-corrected chi connectivity index (χ0v) is 18.6. The number of benzene rings is 1. The molecule has 1 aliphatic carbocycles. The number of carbonyl (C=O) groups excluding carboxylic acids is 1. The molecule has 3 atom stereocenters. The summed E-state index contributed by atoms with van der Waals surface area (Å²) in [6.07, 6.45) is 3.46. The van der Waals surface area contributed by atoms with Crippen molar-refractivity contribution in [2.24, 2.45) is 11.8 Å². The van der Waals surface area contributed by atoms with Crippen LogP contribution in [0.15, 0.2) is 12.1 Å². The number of rotatable bonds is 5. The van der Waals surface area contributed by atoms with Crippen LogP contribution in [-0.4, -0.2) is 46.0 Å². The molecule has 1 aromatic carbocycles. The van der Waals surface area contributed by atoms with Crippen LogP contribution >= 0.6 is 0 Å². The van der Waals surface area contributed by atoms with Gasteiger partial charge in [-0.3, -0.25) is 4.79 Å². The van der Waals surface area contributed by atoms with Gasteiger partial charge in [0.1, 0.15) is 16.9 Å². The number of carboxylic acids is 1. The Morgan fingerprint density at radius 3 is 2.66 bits per heavy atom. The third-order valence-corrected chi connectivity index (χ3v) is 6.28. The molecule has 1 saturated carbocycles. The minimum atomic E-state index is -1.00. The van der Waals surface area contributed by atoms with Crippen molar-refractivity contribution < 1.29 is 28.6 Å². The molecular formula is C23H30FN3O5. The van der Waals surface area contributed by atoms with Crippen LogP contribution in [0.1, 0.15) is 69.8 Å². The highest BCUT2D eigenvalue weighted by atomic mass is 19.1. The molecule has 2 aromatic rings. The van der Waals surface area contributed by atoms with Gasteiger partial charge < -0.3 is 24.9 Å². The third kappa shape index (κ3) is 4.57. The zero-order chi connectivity index (χ0) is 23.0. The highest BCUT2D eigenvalue weighted by molar-refractivity contribution is 5.78. The standard InChI is InChI=1S/C23H30FN3O5/c1-23(2,3)32-22(30)27-18(12-6-4-5-7-12)20-25-16-9-8-13(17(24)19(16)26-20)14-10-31-11-15(14)21(28)29/h8-9,12,14-15,18H,4-7,10-11H2,1-3H3,(H,25,26)(H,27,30)(H,28,29)/t14?,15?,18-/m0/s1. The molecule has 8 nitrogen and oxygen atoms in total. The summed E-state index contributed by atoms with van der Waals surface area (Å²) in [5, 5.41) is 12.4. The Kier molecular flexibility index (Phi) is 6.11. The van der Waals surface area contributed by atoms with Gasteiger partial charge in [0.15, 0.2) is 5.82 Å². The fourth-order valence-corrected chi connectivity index (χ4v) is 4.75. The van der Waals surface area contributed by atoms with Gasteiger partial charge >= 0.3 is 12.1 Å². The first-order chi connectivity index (χ1) is 15.1. The van der Waals surface area contributed by atoms with E-state index in [1.165, 1.54) is 0 Å². The smallest absolute Gasteiger partial charge is 0.408 e. The van der Waals surface area contributed by atoms with Gasteiger partial charge in [-0.05, 0) is 51.2 Å². The summed E-state index contributed by atoms with van der Waals surface area (Å²) in [7, 11) is 0. The Labute approximate surface area is 185 Å². The van der Waals surface area contributed by atoms with Crippen molar-refractivity contribution >= 4 is 23.1 Å². The van der Waals surface area contributed by atoms with Crippen molar-refractivity contribution in [2.75, 3.05) is 13.2 Å². The molecule has 0 bridgehead atoms. The number of ether oxygens (including phenoxy) is 2. The van der Waals surface area contributed by atoms with Gasteiger partial charge in [0.2, 0.25) is 0 Å². The van der Waals surface area contributed by atoms with Gasteiger partial charge in [0.25, 0.3) is 0 Å². The minimum Gasteiger partial charge on any atom is -0.481 e. The molecule has 1 saturated heterocycles. The quantitative estimate of drug-likeness (QED) is 0.631. The van der Waals surface area contributed by atoms with E-state index in [4.69, 9.17) is 9.47 Å². The van der Waals surface area contributed by atoms with Crippen LogP contribution < -0.4 is 5.32 Å². The summed E-state index contributed by atoms with van der Waals surface area (Å²) in [4.78, 5) is 31.7. The van der Waals surface area contributed by atoms with E-state index in [-0.39, 0.29) is 30.2 Å². The number of aromatic nitrogens is 2. The van der Waals surface area contributed by atoms with E-state index in [0.29, 0.717) is 11.3 Å². The number of hydrogen-bond donors (Lipinski definition) is 3. The number of carboxylic acid groups (broad SMARTS) is 1. The molecule has 3 N–H and O–H groups in total. The number of aliphatic carboxylic acids is 1. The maximum Gasteiger partial charge on any atom is 0.408 e. The Bertz CT molecular complexity index is 1010. The number of carbonyl (C=O) groups is 2. The lowest BCUT2D eigenvalue weighted by molar-refractivity contribution is -0.142. The third-order valence-electron chi connectivity index (χ3n) is 6.28. The topological polar surface area (TPSA) is 114 Å². The number of H-pyrrole nitrogens is 1. The number of aromatic amines is 1. The van der Waals surface area contributed by atoms with Crippen molar-refractivity contribution in [1.82, 2.24) is 15.3 Å². The van der Waals surface area contributed by atoms with E-state index in [1.54, 1.807) is 32.9 Å². The molecule has 2 heterocycles. The number of hydrogen-bond acceptors (Lipinski definition) is 5. The van der Waals surface area contributed by atoms with Crippen LogP contribution in [-0.2, 0) is 14.3 Å². The maximum atomic E-state index is 15.5. The molecule has 1 aliphatic heterocycles. The first-order valence-electron chi connectivity index (χ1n) is 11.1. The first kappa shape index (κ1) is 22.5. The molecule has 2 fully saturated rings. The van der Waals surface area contributed by atoms with Gasteiger partial charge in [-0.25, -0.2) is 14.2 Å². The molecule has 1 amide bonds. The summed E-state index contributed by atoms with van der Waals surface area (Å²) in [6, 6.07) is 2.88. The number of nitrogens with one attached hydrogen (secondary N) is 2. The molecule has 0 spiro atoms. The summed E-state index contributed by atoms with van der Waals surface area (Å²) in [6.45, 7) is 5.61. The number of nitrogens with zero attached hydrogens (tertiary/aromatic N) is 1. The Balaban J connectivity index is 1.66. The zero-order valence-electron chi connectivity index (χ0n) is 18.6. The minimum absolute atomic E-state index is 0.0624. The van der Waals surface area contributed by atoms with Crippen molar-refractivity contribution in [3.63, 3.8) is 0 Å². The Morgan fingerprint density at radius 2 is 2.00 bits per heavy atom. The molecule has 32 heavy (non-hydrogen) atoms. The summed E-state index contributed by atoms with van der Waals surface area (Å²) < 4.78 is 26.2. The summed E-state index contributed by atoms with van der Waals surface area (Å²) >= 11 is 0. The van der Waals surface area contributed by atoms with Crippen LogP contribution in [0.4, 0.5) is 9.18 Å². The lowest BCUT2D eigenvalue weighted by atomic mass is 9.88. The van der Waals surface area contributed by atoms with E-state index in [1.807, 2.05) is 0 Å². The highest BCUT2D eigenvalue weighted by Crippen LogP contribution is 2.38. The molecule has 174 valence electrons. The van der Waals surface area contributed by atoms with E-state index in [9.17, 15) is 14.7 Å². The van der Waals surface area contributed by atoms with E-state index in [0.717, 1.165) is 25.7 Å². The van der Waals surface area contributed by atoms with Gasteiger partial charge in [-0.2, -0.15) is 0 Å². The number of alkyl carbamates (subject to hydrolysis) is 1. The van der Waals surface area contributed by atoms with Crippen molar-refractivity contribution in [2.45, 2.75) is 64.0 Å². The predicted octanol–water partition coefficient (Wildman–Crippen LogP) is 4.27. The van der Waals surface area contributed by atoms with Crippen LogP contribution in [0.2, 0.25) is 0 Å². The van der Waals surface area contributed by atoms with Gasteiger partial charge in [0.05, 0.1) is 30.7 Å². The monoisotopic (exact) mass is 447 g/mol. The van der Waals surface area contributed by atoms with E-state index >= 15 is 4.39 Å². The van der Waals surface area contributed by atoms with Crippen molar-refractivity contribution in [1.29, 1.82) is 0 Å².